The van der Waals surface area contributed by atoms with E-state index in [0.29, 0.717) is 18.7 Å². The Morgan fingerprint density at radius 2 is 1.95 bits per heavy atom. The van der Waals surface area contributed by atoms with Gasteiger partial charge in [-0.15, -0.1) is 0 Å². The number of hydrogen-bond donors (Lipinski definition) is 3. The Labute approximate surface area is 124 Å². The third-order valence-electron chi connectivity index (χ3n) is 2.95. The van der Waals surface area contributed by atoms with Crippen molar-refractivity contribution in [3.63, 3.8) is 0 Å². The molecule has 5 heteroatoms. The highest BCUT2D eigenvalue weighted by atomic mass is 16.4. The fraction of sp³-hybridized carbons (Fsp3) is 0.375. The van der Waals surface area contributed by atoms with Gasteiger partial charge in [0.2, 0.25) is 5.91 Å². The van der Waals surface area contributed by atoms with E-state index in [9.17, 15) is 9.59 Å². The van der Waals surface area contributed by atoms with Gasteiger partial charge in [0.05, 0.1) is 0 Å². The van der Waals surface area contributed by atoms with Crippen LogP contribution in [0.3, 0.4) is 0 Å². The molecule has 0 saturated carbocycles. The van der Waals surface area contributed by atoms with Crippen LogP contribution in [-0.2, 0) is 9.59 Å². The number of nitrogens with two attached hydrogens (primary N) is 1. The first kappa shape index (κ1) is 16.8. The number of hydrogen-bond acceptors (Lipinski definition) is 3. The van der Waals surface area contributed by atoms with E-state index >= 15 is 0 Å². The quantitative estimate of drug-likeness (QED) is 0.370. The average Bonchev–Trinajstić information content (AvgIpc) is 2.44. The Hall–Kier alpha value is -2.30. The van der Waals surface area contributed by atoms with Gasteiger partial charge in [0, 0.05) is 24.7 Å². The predicted molar refractivity (Wildman–Crippen MR) is 83.6 cm³/mol. The van der Waals surface area contributed by atoms with Crippen LogP contribution in [0.4, 0.5) is 5.69 Å². The van der Waals surface area contributed by atoms with Gasteiger partial charge in [-0.25, -0.2) is 0 Å². The maximum absolute atomic E-state index is 11.6. The van der Waals surface area contributed by atoms with Crippen LogP contribution in [0.15, 0.2) is 30.3 Å². The average molecular weight is 290 g/mol. The van der Waals surface area contributed by atoms with Crippen LogP contribution in [-0.4, -0.2) is 23.5 Å². The van der Waals surface area contributed by atoms with Crippen LogP contribution >= 0.6 is 0 Å². The number of rotatable bonds is 9. The van der Waals surface area contributed by atoms with Crippen LogP contribution in [0, 0.1) is 0 Å². The van der Waals surface area contributed by atoms with Gasteiger partial charge in [-0.1, -0.05) is 25.0 Å². The highest BCUT2D eigenvalue weighted by molar-refractivity contribution is 5.91. The second-order valence-electron chi connectivity index (χ2n) is 4.85. The molecule has 0 atom stereocenters. The molecule has 114 valence electrons. The fourth-order valence-corrected chi connectivity index (χ4v) is 1.86. The summed E-state index contributed by atoms with van der Waals surface area (Å²) >= 11 is 0. The molecule has 21 heavy (non-hydrogen) atoms. The SMILES string of the molecule is Nc1cccc(/C=C/C(=O)NCCCCCCC(=O)O)c1. The Balaban J connectivity index is 2.12. The molecule has 0 saturated heterocycles. The first-order valence-electron chi connectivity index (χ1n) is 7.11. The number of amides is 1. The van der Waals surface area contributed by atoms with Crippen LogP contribution in [0.2, 0.25) is 0 Å². The molecule has 0 fully saturated rings. The third-order valence-corrected chi connectivity index (χ3v) is 2.95. The summed E-state index contributed by atoms with van der Waals surface area (Å²) < 4.78 is 0. The summed E-state index contributed by atoms with van der Waals surface area (Å²) in [5, 5.41) is 11.3. The molecule has 0 aliphatic carbocycles. The Bertz CT molecular complexity index is 498. The van der Waals surface area contributed by atoms with E-state index in [2.05, 4.69) is 5.32 Å². The smallest absolute Gasteiger partial charge is 0.303 e. The molecule has 4 N–H and O–H groups in total. The molecule has 0 aliphatic rings. The molecule has 0 aromatic heterocycles. The molecule has 1 aromatic carbocycles. The molecule has 1 rings (SSSR count). The van der Waals surface area contributed by atoms with E-state index in [0.717, 1.165) is 24.8 Å². The molecular formula is C16H22N2O3. The van der Waals surface area contributed by atoms with Crippen molar-refractivity contribution >= 4 is 23.6 Å². The molecule has 0 radical (unpaired) electrons. The predicted octanol–water partition coefficient (Wildman–Crippen LogP) is 2.43. The first-order chi connectivity index (χ1) is 10.1. The minimum absolute atomic E-state index is 0.136. The van der Waals surface area contributed by atoms with Gasteiger partial charge in [0.25, 0.3) is 0 Å². The number of carbonyl (C=O) groups is 2. The molecule has 1 aromatic rings. The van der Waals surface area contributed by atoms with Gasteiger partial charge in [0.15, 0.2) is 0 Å². The lowest BCUT2D eigenvalue weighted by Crippen LogP contribution is -2.21. The Kier molecular flexibility index (Phi) is 7.64. The van der Waals surface area contributed by atoms with E-state index in [1.54, 1.807) is 18.2 Å². The van der Waals surface area contributed by atoms with Crippen molar-refractivity contribution in [1.29, 1.82) is 0 Å². The summed E-state index contributed by atoms with van der Waals surface area (Å²) in [6.07, 6.45) is 6.77. The van der Waals surface area contributed by atoms with Crippen LogP contribution in [0.1, 0.15) is 37.7 Å². The summed E-state index contributed by atoms with van der Waals surface area (Å²) in [6, 6.07) is 7.31. The van der Waals surface area contributed by atoms with Gasteiger partial charge >= 0.3 is 5.97 Å². The van der Waals surface area contributed by atoms with Crippen molar-refractivity contribution in [2.45, 2.75) is 32.1 Å². The lowest BCUT2D eigenvalue weighted by molar-refractivity contribution is -0.137. The van der Waals surface area contributed by atoms with Gasteiger partial charge < -0.3 is 16.2 Å². The van der Waals surface area contributed by atoms with E-state index in [-0.39, 0.29) is 12.3 Å². The molecular weight excluding hydrogens is 268 g/mol. The zero-order valence-corrected chi connectivity index (χ0v) is 12.0. The van der Waals surface area contributed by atoms with E-state index in [1.165, 1.54) is 6.08 Å². The van der Waals surface area contributed by atoms with Crippen molar-refractivity contribution in [1.82, 2.24) is 5.32 Å². The van der Waals surface area contributed by atoms with Crippen LogP contribution in [0.5, 0.6) is 0 Å². The maximum atomic E-state index is 11.6. The van der Waals surface area contributed by atoms with Gasteiger partial charge in [-0.3, -0.25) is 9.59 Å². The summed E-state index contributed by atoms with van der Waals surface area (Å²) in [4.78, 5) is 21.9. The maximum Gasteiger partial charge on any atom is 0.303 e. The lowest BCUT2D eigenvalue weighted by atomic mass is 10.1. The van der Waals surface area contributed by atoms with Gasteiger partial charge in [-0.2, -0.15) is 0 Å². The molecule has 0 spiro atoms. The summed E-state index contributed by atoms with van der Waals surface area (Å²) in [5.41, 5.74) is 7.20. The molecule has 5 nitrogen and oxygen atoms in total. The van der Waals surface area contributed by atoms with E-state index < -0.39 is 5.97 Å². The van der Waals surface area contributed by atoms with Crippen LogP contribution in [0.25, 0.3) is 6.08 Å². The lowest BCUT2D eigenvalue weighted by Gasteiger charge is -2.02. The number of unbranched alkanes of at least 4 members (excludes halogenated alkanes) is 3. The second kappa shape index (κ2) is 9.58. The van der Waals surface area contributed by atoms with Crippen molar-refractivity contribution in [3.8, 4) is 0 Å². The minimum atomic E-state index is -0.755. The Morgan fingerprint density at radius 3 is 2.67 bits per heavy atom. The number of carboxylic acid groups (broad SMARTS) is 1. The zero-order chi connectivity index (χ0) is 15.5. The molecule has 0 bridgehead atoms. The number of aliphatic carboxylic acids is 1. The van der Waals surface area contributed by atoms with Gasteiger partial charge in [0.1, 0.15) is 0 Å². The summed E-state index contributed by atoms with van der Waals surface area (Å²) in [7, 11) is 0. The highest BCUT2D eigenvalue weighted by Gasteiger charge is 1.98. The van der Waals surface area contributed by atoms with E-state index in [1.807, 2.05) is 12.1 Å². The molecule has 0 aliphatic heterocycles. The monoisotopic (exact) mass is 290 g/mol. The minimum Gasteiger partial charge on any atom is -0.481 e. The topological polar surface area (TPSA) is 92.4 Å². The largest absolute Gasteiger partial charge is 0.481 e. The number of nitrogen functional groups attached to an aromatic ring is 1. The number of nitrogens with one attached hydrogen (secondary N) is 1. The summed E-state index contributed by atoms with van der Waals surface area (Å²) in [6.45, 7) is 0.604. The molecule has 0 heterocycles. The van der Waals surface area contributed by atoms with Crippen molar-refractivity contribution in [3.05, 3.63) is 35.9 Å². The third kappa shape index (κ3) is 8.47. The highest BCUT2D eigenvalue weighted by Crippen LogP contribution is 2.07. The fourth-order valence-electron chi connectivity index (χ4n) is 1.86. The van der Waals surface area contributed by atoms with Crippen molar-refractivity contribution < 1.29 is 14.7 Å². The number of benzene rings is 1. The van der Waals surface area contributed by atoms with Gasteiger partial charge in [-0.05, 0) is 36.6 Å². The Morgan fingerprint density at radius 1 is 1.19 bits per heavy atom. The summed E-state index contributed by atoms with van der Waals surface area (Å²) in [5.74, 6) is -0.891. The zero-order valence-electron chi connectivity index (χ0n) is 12.0. The van der Waals surface area contributed by atoms with Crippen LogP contribution < -0.4 is 11.1 Å². The molecule has 0 unspecified atom stereocenters. The number of carbonyl (C=O) groups excluding carboxylic acids is 1. The first-order valence-corrected chi connectivity index (χ1v) is 7.11. The molecule has 1 amide bonds. The van der Waals surface area contributed by atoms with Crippen molar-refractivity contribution in [2.24, 2.45) is 0 Å². The number of carboxylic acids is 1. The normalized spacial score (nSPS) is 10.7. The number of anilines is 1. The standard InChI is InChI=1S/C16H22N2O3/c17-14-7-5-6-13(12-14)9-10-15(19)18-11-4-2-1-3-8-16(20)21/h5-7,9-10,12H,1-4,8,11,17H2,(H,18,19)(H,20,21)/b10-9+. The second-order valence-corrected chi connectivity index (χ2v) is 4.85. The van der Waals surface area contributed by atoms with Crippen molar-refractivity contribution in [2.75, 3.05) is 12.3 Å². The van der Waals surface area contributed by atoms with E-state index in [4.69, 9.17) is 10.8 Å².